The Morgan fingerprint density at radius 1 is 0.897 bits per heavy atom. The van der Waals surface area contributed by atoms with Gasteiger partial charge in [-0.1, -0.05) is 37.8 Å². The number of rotatable bonds is 5. The van der Waals surface area contributed by atoms with E-state index in [2.05, 4.69) is 10.0 Å². The standard InChI is InChI=1S/C23H30N2O3S/c1-16-12-17(2)14-21(13-16)25-29(27,28)22-15-19(11-10-18(22)3)23(26)24-20-8-6-4-5-7-9-20/h10-15,20,25H,4-9H2,1-3H3,(H,24,26). The molecule has 0 unspecified atom stereocenters. The first kappa shape index (κ1) is 21.4. The van der Waals surface area contributed by atoms with Gasteiger partial charge in [-0.25, -0.2) is 8.42 Å². The minimum absolute atomic E-state index is 0.130. The van der Waals surface area contributed by atoms with Crippen molar-refractivity contribution < 1.29 is 13.2 Å². The number of hydrogen-bond donors (Lipinski definition) is 2. The summed E-state index contributed by atoms with van der Waals surface area (Å²) in [5, 5.41) is 3.08. The van der Waals surface area contributed by atoms with Gasteiger partial charge in [0.15, 0.2) is 0 Å². The molecule has 1 saturated carbocycles. The zero-order valence-electron chi connectivity index (χ0n) is 17.4. The van der Waals surface area contributed by atoms with E-state index in [1.807, 2.05) is 19.9 Å². The van der Waals surface area contributed by atoms with E-state index < -0.39 is 10.0 Å². The minimum Gasteiger partial charge on any atom is -0.349 e. The summed E-state index contributed by atoms with van der Waals surface area (Å²) in [5.74, 6) is -0.209. The lowest BCUT2D eigenvalue weighted by Gasteiger charge is -2.17. The predicted octanol–water partition coefficient (Wildman–Crippen LogP) is 4.87. The zero-order valence-corrected chi connectivity index (χ0v) is 18.2. The van der Waals surface area contributed by atoms with Gasteiger partial charge in [-0.3, -0.25) is 9.52 Å². The highest BCUT2D eigenvalue weighted by Gasteiger charge is 2.21. The van der Waals surface area contributed by atoms with Gasteiger partial charge in [0, 0.05) is 17.3 Å². The summed E-state index contributed by atoms with van der Waals surface area (Å²) in [6.07, 6.45) is 6.64. The van der Waals surface area contributed by atoms with E-state index in [-0.39, 0.29) is 16.8 Å². The van der Waals surface area contributed by atoms with Crippen LogP contribution in [0.2, 0.25) is 0 Å². The molecular weight excluding hydrogens is 384 g/mol. The van der Waals surface area contributed by atoms with Crippen LogP contribution in [-0.4, -0.2) is 20.4 Å². The summed E-state index contributed by atoms with van der Waals surface area (Å²) < 4.78 is 28.7. The summed E-state index contributed by atoms with van der Waals surface area (Å²) >= 11 is 0. The van der Waals surface area contributed by atoms with Crippen LogP contribution in [0, 0.1) is 20.8 Å². The Morgan fingerprint density at radius 2 is 1.52 bits per heavy atom. The maximum Gasteiger partial charge on any atom is 0.262 e. The number of carbonyl (C=O) groups is 1. The Morgan fingerprint density at radius 3 is 2.14 bits per heavy atom. The Kier molecular flexibility index (Phi) is 6.63. The molecule has 0 bridgehead atoms. The van der Waals surface area contributed by atoms with E-state index in [9.17, 15) is 13.2 Å². The fourth-order valence-electron chi connectivity index (χ4n) is 3.97. The molecule has 0 aliphatic heterocycles. The number of amides is 1. The lowest BCUT2D eigenvalue weighted by Crippen LogP contribution is -2.34. The summed E-state index contributed by atoms with van der Waals surface area (Å²) in [7, 11) is -3.80. The Labute approximate surface area is 174 Å². The largest absolute Gasteiger partial charge is 0.349 e. The average molecular weight is 415 g/mol. The number of anilines is 1. The van der Waals surface area contributed by atoms with Crippen molar-refractivity contribution >= 4 is 21.6 Å². The fourth-order valence-corrected chi connectivity index (χ4v) is 5.28. The molecule has 2 aromatic rings. The van der Waals surface area contributed by atoms with Crippen LogP contribution in [0.1, 0.15) is 65.6 Å². The Bertz CT molecular complexity index is 971. The normalized spacial score (nSPS) is 15.6. The highest BCUT2D eigenvalue weighted by molar-refractivity contribution is 7.92. The van der Waals surface area contributed by atoms with Crippen LogP contribution in [-0.2, 0) is 10.0 Å². The van der Waals surface area contributed by atoms with E-state index >= 15 is 0 Å². The molecule has 0 radical (unpaired) electrons. The van der Waals surface area contributed by atoms with Gasteiger partial charge in [0.2, 0.25) is 0 Å². The third-order valence-electron chi connectivity index (χ3n) is 5.40. The van der Waals surface area contributed by atoms with E-state index in [4.69, 9.17) is 0 Å². The van der Waals surface area contributed by atoms with Crippen molar-refractivity contribution in [3.05, 3.63) is 58.7 Å². The van der Waals surface area contributed by atoms with Gasteiger partial charge in [-0.05, 0) is 74.6 Å². The van der Waals surface area contributed by atoms with Crippen molar-refractivity contribution in [3.63, 3.8) is 0 Å². The van der Waals surface area contributed by atoms with Crippen LogP contribution in [0.25, 0.3) is 0 Å². The zero-order chi connectivity index (χ0) is 21.0. The molecule has 0 heterocycles. The molecule has 29 heavy (non-hydrogen) atoms. The second-order valence-electron chi connectivity index (χ2n) is 8.12. The van der Waals surface area contributed by atoms with Crippen molar-refractivity contribution in [1.29, 1.82) is 0 Å². The van der Waals surface area contributed by atoms with Gasteiger partial charge in [-0.2, -0.15) is 0 Å². The maximum absolute atomic E-state index is 13.0. The number of hydrogen-bond acceptors (Lipinski definition) is 3. The first-order chi connectivity index (χ1) is 13.7. The quantitative estimate of drug-likeness (QED) is 0.686. The Hall–Kier alpha value is -2.34. The fraction of sp³-hybridized carbons (Fsp3) is 0.435. The molecule has 0 spiro atoms. The first-order valence-electron chi connectivity index (χ1n) is 10.3. The number of nitrogens with one attached hydrogen (secondary N) is 2. The molecular formula is C23H30N2O3S. The molecule has 2 N–H and O–H groups in total. The smallest absolute Gasteiger partial charge is 0.262 e. The Balaban J connectivity index is 1.82. The van der Waals surface area contributed by atoms with Gasteiger partial charge in [0.1, 0.15) is 0 Å². The summed E-state index contributed by atoms with van der Waals surface area (Å²) in [6, 6.07) is 10.6. The highest BCUT2D eigenvalue weighted by Crippen LogP contribution is 2.23. The van der Waals surface area contributed by atoms with Gasteiger partial charge < -0.3 is 5.32 Å². The summed E-state index contributed by atoms with van der Waals surface area (Å²) in [5.41, 5.74) is 3.47. The van der Waals surface area contributed by atoms with E-state index in [1.165, 1.54) is 18.9 Å². The highest BCUT2D eigenvalue weighted by atomic mass is 32.2. The van der Waals surface area contributed by atoms with Crippen LogP contribution in [0.15, 0.2) is 41.3 Å². The van der Waals surface area contributed by atoms with Crippen molar-refractivity contribution in [1.82, 2.24) is 5.32 Å². The lowest BCUT2D eigenvalue weighted by atomic mass is 10.1. The third kappa shape index (κ3) is 5.60. The molecule has 0 saturated heterocycles. The lowest BCUT2D eigenvalue weighted by molar-refractivity contribution is 0.0933. The molecule has 156 valence electrons. The van der Waals surface area contributed by atoms with E-state index in [1.54, 1.807) is 31.2 Å². The van der Waals surface area contributed by atoms with Crippen LogP contribution >= 0.6 is 0 Å². The van der Waals surface area contributed by atoms with E-state index in [0.717, 1.165) is 36.8 Å². The number of aryl methyl sites for hydroxylation is 3. The number of benzene rings is 2. The number of sulfonamides is 1. The first-order valence-corrected chi connectivity index (χ1v) is 11.8. The molecule has 1 fully saturated rings. The molecule has 1 aliphatic carbocycles. The molecule has 6 heteroatoms. The van der Waals surface area contributed by atoms with Crippen LogP contribution in [0.3, 0.4) is 0 Å². The average Bonchev–Trinajstić information content (AvgIpc) is 2.89. The molecule has 3 rings (SSSR count). The molecule has 1 amide bonds. The summed E-state index contributed by atoms with van der Waals surface area (Å²) in [6.45, 7) is 5.59. The SMILES string of the molecule is Cc1cc(C)cc(NS(=O)(=O)c2cc(C(=O)NC3CCCCCC3)ccc2C)c1. The molecule has 1 aliphatic rings. The van der Waals surface area contributed by atoms with Crippen LogP contribution in [0.4, 0.5) is 5.69 Å². The molecule has 0 atom stereocenters. The molecule has 2 aromatic carbocycles. The molecule has 0 aromatic heterocycles. The van der Waals surface area contributed by atoms with Gasteiger partial charge in [0.05, 0.1) is 4.90 Å². The topological polar surface area (TPSA) is 75.3 Å². The van der Waals surface area contributed by atoms with Crippen LogP contribution < -0.4 is 10.0 Å². The third-order valence-corrected chi connectivity index (χ3v) is 6.93. The van der Waals surface area contributed by atoms with Crippen molar-refractivity contribution in [2.45, 2.75) is 70.2 Å². The monoisotopic (exact) mass is 414 g/mol. The van der Waals surface area contributed by atoms with E-state index in [0.29, 0.717) is 16.8 Å². The minimum atomic E-state index is -3.80. The van der Waals surface area contributed by atoms with Crippen molar-refractivity contribution in [3.8, 4) is 0 Å². The van der Waals surface area contributed by atoms with Gasteiger partial charge in [0.25, 0.3) is 15.9 Å². The van der Waals surface area contributed by atoms with Gasteiger partial charge >= 0.3 is 0 Å². The molecule has 5 nitrogen and oxygen atoms in total. The maximum atomic E-state index is 13.0. The summed E-state index contributed by atoms with van der Waals surface area (Å²) in [4.78, 5) is 12.9. The predicted molar refractivity (Wildman–Crippen MR) is 117 cm³/mol. The van der Waals surface area contributed by atoms with Crippen molar-refractivity contribution in [2.24, 2.45) is 0 Å². The second-order valence-corrected chi connectivity index (χ2v) is 9.77. The second kappa shape index (κ2) is 8.99. The van der Waals surface area contributed by atoms with Gasteiger partial charge in [-0.15, -0.1) is 0 Å². The van der Waals surface area contributed by atoms with Crippen LogP contribution in [0.5, 0.6) is 0 Å². The number of carbonyl (C=O) groups excluding carboxylic acids is 1. The van der Waals surface area contributed by atoms with Crippen molar-refractivity contribution in [2.75, 3.05) is 4.72 Å².